The molecule has 2 fully saturated rings. The van der Waals surface area contributed by atoms with Crippen LogP contribution in [0.15, 0.2) is 70.5 Å². The van der Waals surface area contributed by atoms with Crippen molar-refractivity contribution in [1.82, 2.24) is 29.2 Å². The van der Waals surface area contributed by atoms with Gasteiger partial charge in [-0.2, -0.15) is 9.35 Å². The van der Waals surface area contributed by atoms with Crippen molar-refractivity contribution in [1.29, 1.82) is 0 Å². The molecule has 5 heterocycles. The van der Waals surface area contributed by atoms with Gasteiger partial charge in [0.05, 0.1) is 16.3 Å². The van der Waals surface area contributed by atoms with Crippen molar-refractivity contribution in [3.63, 3.8) is 0 Å². The third-order valence-corrected chi connectivity index (χ3v) is 9.72. The van der Waals surface area contributed by atoms with Crippen LogP contribution in [-0.4, -0.2) is 78.2 Å². The highest BCUT2D eigenvalue weighted by molar-refractivity contribution is 7.93. The Labute approximate surface area is 233 Å². The van der Waals surface area contributed by atoms with Crippen molar-refractivity contribution in [2.24, 2.45) is 4.36 Å². The molecule has 12 heteroatoms. The van der Waals surface area contributed by atoms with Gasteiger partial charge in [-0.25, -0.2) is 23.5 Å². The van der Waals surface area contributed by atoms with Gasteiger partial charge in [-0.15, -0.1) is 6.58 Å². The smallest absolute Gasteiger partial charge is 0.278 e. The molecule has 0 spiro atoms. The van der Waals surface area contributed by atoms with Gasteiger partial charge >= 0.3 is 0 Å². The number of hydrogen-bond donors (Lipinski definition) is 1. The van der Waals surface area contributed by atoms with Crippen molar-refractivity contribution in [3.05, 3.63) is 71.7 Å². The zero-order valence-corrected chi connectivity index (χ0v) is 23.4. The van der Waals surface area contributed by atoms with Crippen LogP contribution in [0.1, 0.15) is 12.8 Å². The lowest BCUT2D eigenvalue weighted by atomic mass is 10.2. The maximum atomic E-state index is 13.3. The minimum absolute atomic E-state index is 0.246. The van der Waals surface area contributed by atoms with E-state index in [-0.39, 0.29) is 12.1 Å². The highest BCUT2D eigenvalue weighted by Crippen LogP contribution is 2.24. The van der Waals surface area contributed by atoms with E-state index >= 15 is 0 Å². The average molecular weight is 560 g/mol. The first-order valence-electron chi connectivity index (χ1n) is 13.5. The molecule has 40 heavy (non-hydrogen) atoms. The molecule has 1 aromatic carbocycles. The average Bonchev–Trinajstić information content (AvgIpc) is 3.50. The molecule has 208 valence electrons. The summed E-state index contributed by atoms with van der Waals surface area (Å²) in [5, 5.41) is 3.63. The number of piperazine rings is 1. The largest absolute Gasteiger partial charge is 0.369 e. The fraction of sp³-hybridized carbons (Fsp3) is 0.357. The second kappa shape index (κ2) is 10.9. The minimum Gasteiger partial charge on any atom is -0.369 e. The topological polar surface area (TPSA) is 114 Å². The molecule has 2 aliphatic rings. The molecule has 6 rings (SSSR count). The normalized spacial score (nSPS) is 17.3. The predicted octanol–water partition coefficient (Wildman–Crippen LogP) is 3.55. The molecule has 4 aromatic rings. The first-order valence-corrected chi connectivity index (χ1v) is 15.4. The van der Waals surface area contributed by atoms with Crippen LogP contribution in [0.2, 0.25) is 0 Å². The Morgan fingerprint density at radius 3 is 2.52 bits per heavy atom. The Hall–Kier alpha value is -4.03. The lowest BCUT2D eigenvalue weighted by molar-refractivity contribution is 0.313. The molecular formula is C28H33N9O2S. The predicted molar refractivity (Wildman–Crippen MR) is 160 cm³/mol. The number of fused-ring (bicyclic) bond motifs is 1. The van der Waals surface area contributed by atoms with Crippen LogP contribution in [0.4, 0.5) is 23.1 Å². The van der Waals surface area contributed by atoms with Gasteiger partial charge in [0, 0.05) is 55.3 Å². The number of aromatic nitrogens is 5. The van der Waals surface area contributed by atoms with Gasteiger partial charge in [0.1, 0.15) is 5.39 Å². The first-order chi connectivity index (χ1) is 19.4. The monoisotopic (exact) mass is 559 g/mol. The number of anilines is 3. The van der Waals surface area contributed by atoms with E-state index in [2.05, 4.69) is 55.2 Å². The van der Waals surface area contributed by atoms with Gasteiger partial charge in [0.2, 0.25) is 5.95 Å². The van der Waals surface area contributed by atoms with Crippen LogP contribution in [0, 0.1) is 0 Å². The fourth-order valence-electron chi connectivity index (χ4n) is 5.16. The standard InChI is InChI=1S/C28H33N9O2S/c1-3-13-36-27(38)23-20-29-28(30-21-9-11-22(12-10-21)35-16-14-34(2)15-17-35)32-26(23)37(36)25-8-6-7-24(31-25)33-40(39)18-4-5-19-40/h3,6-12,20H,1,4-5,13-19H2,2H3,(H,29,30,32). The number of rotatable bonds is 7. The van der Waals surface area contributed by atoms with E-state index in [0.29, 0.717) is 40.1 Å². The third kappa shape index (κ3) is 5.24. The second-order valence-corrected chi connectivity index (χ2v) is 12.8. The highest BCUT2D eigenvalue weighted by atomic mass is 32.2. The lowest BCUT2D eigenvalue weighted by Gasteiger charge is -2.34. The Bertz CT molecular complexity index is 1720. The zero-order chi connectivity index (χ0) is 27.7. The molecule has 0 saturated carbocycles. The van der Waals surface area contributed by atoms with E-state index in [1.54, 1.807) is 29.0 Å². The molecule has 2 saturated heterocycles. The SMILES string of the molecule is C=CCn1c(=O)c2cnc(Nc3ccc(N4CCN(C)CC4)cc3)nc2n1-c1cccc(N=S2(=O)CCCC2)n1. The van der Waals surface area contributed by atoms with Crippen molar-refractivity contribution in [2.45, 2.75) is 19.4 Å². The Kier molecular flexibility index (Phi) is 7.11. The minimum atomic E-state index is -2.29. The Morgan fingerprint density at radius 2 is 1.80 bits per heavy atom. The summed E-state index contributed by atoms with van der Waals surface area (Å²) in [4.78, 5) is 31.8. The second-order valence-electron chi connectivity index (χ2n) is 10.2. The van der Waals surface area contributed by atoms with Crippen LogP contribution < -0.4 is 15.8 Å². The van der Waals surface area contributed by atoms with Crippen molar-refractivity contribution in [3.8, 4) is 5.82 Å². The van der Waals surface area contributed by atoms with Gasteiger partial charge in [-0.05, 0) is 56.3 Å². The molecule has 0 amide bonds. The molecular weight excluding hydrogens is 526 g/mol. The number of allylic oxidation sites excluding steroid dienone is 1. The Balaban J connectivity index is 1.34. The van der Waals surface area contributed by atoms with E-state index in [0.717, 1.165) is 44.7 Å². The number of likely N-dealkylation sites (N-methyl/N-ethyl adjacent to an activating group) is 1. The summed E-state index contributed by atoms with van der Waals surface area (Å²) >= 11 is 0. The number of hydrogen-bond acceptors (Lipinski definition) is 9. The summed E-state index contributed by atoms with van der Waals surface area (Å²) in [6.45, 7) is 8.17. The zero-order valence-electron chi connectivity index (χ0n) is 22.6. The number of nitrogens with zero attached hydrogens (tertiary/aromatic N) is 8. The number of pyridine rings is 1. The molecule has 0 aliphatic carbocycles. The van der Waals surface area contributed by atoms with Crippen LogP contribution in [0.3, 0.4) is 0 Å². The lowest BCUT2D eigenvalue weighted by Crippen LogP contribution is -2.44. The highest BCUT2D eigenvalue weighted by Gasteiger charge is 2.20. The summed E-state index contributed by atoms with van der Waals surface area (Å²) in [6, 6.07) is 13.5. The molecule has 2 aliphatic heterocycles. The van der Waals surface area contributed by atoms with E-state index < -0.39 is 9.73 Å². The third-order valence-electron chi connectivity index (χ3n) is 7.34. The number of nitrogens with one attached hydrogen (secondary N) is 1. The summed E-state index contributed by atoms with van der Waals surface area (Å²) in [7, 11) is -0.144. The van der Waals surface area contributed by atoms with Crippen molar-refractivity contribution < 1.29 is 4.21 Å². The molecule has 0 unspecified atom stereocenters. The van der Waals surface area contributed by atoms with E-state index in [9.17, 15) is 9.00 Å². The van der Waals surface area contributed by atoms with E-state index in [1.807, 2.05) is 12.1 Å². The Morgan fingerprint density at radius 1 is 1.05 bits per heavy atom. The van der Waals surface area contributed by atoms with Crippen LogP contribution >= 0.6 is 0 Å². The first kappa shape index (κ1) is 26.2. The summed E-state index contributed by atoms with van der Waals surface area (Å²) in [5.74, 6) is 2.38. The molecule has 11 nitrogen and oxygen atoms in total. The maximum absolute atomic E-state index is 13.3. The number of benzene rings is 1. The molecule has 0 bridgehead atoms. The van der Waals surface area contributed by atoms with Crippen LogP contribution in [-0.2, 0) is 16.3 Å². The molecule has 3 aromatic heterocycles. The quantitative estimate of drug-likeness (QED) is 0.342. The van der Waals surface area contributed by atoms with E-state index in [1.165, 1.54) is 16.6 Å². The van der Waals surface area contributed by atoms with Gasteiger partial charge in [-0.1, -0.05) is 12.1 Å². The van der Waals surface area contributed by atoms with Crippen molar-refractivity contribution in [2.75, 3.05) is 54.9 Å². The fourth-order valence-corrected chi connectivity index (χ4v) is 7.30. The van der Waals surface area contributed by atoms with E-state index in [4.69, 9.17) is 4.98 Å². The molecule has 1 N–H and O–H groups in total. The summed E-state index contributed by atoms with van der Waals surface area (Å²) in [6.07, 6.45) is 5.00. The maximum Gasteiger partial charge on any atom is 0.278 e. The summed E-state index contributed by atoms with van der Waals surface area (Å²) in [5.41, 5.74) is 2.19. The molecule has 0 radical (unpaired) electrons. The molecule has 0 atom stereocenters. The van der Waals surface area contributed by atoms with Gasteiger partial charge in [-0.3, -0.25) is 4.79 Å². The van der Waals surface area contributed by atoms with Gasteiger partial charge in [0.15, 0.2) is 17.3 Å². The van der Waals surface area contributed by atoms with Crippen LogP contribution in [0.5, 0.6) is 0 Å². The van der Waals surface area contributed by atoms with Gasteiger partial charge in [0.25, 0.3) is 5.56 Å². The van der Waals surface area contributed by atoms with Crippen molar-refractivity contribution >= 4 is 43.9 Å². The summed E-state index contributed by atoms with van der Waals surface area (Å²) < 4.78 is 20.7. The van der Waals surface area contributed by atoms with Crippen LogP contribution in [0.25, 0.3) is 16.9 Å². The van der Waals surface area contributed by atoms with Gasteiger partial charge < -0.3 is 15.1 Å².